The minimum absolute atomic E-state index is 0.121. The van der Waals surface area contributed by atoms with E-state index in [9.17, 15) is 17.6 Å². The van der Waals surface area contributed by atoms with Crippen LogP contribution in [-0.4, -0.2) is 36.6 Å². The maximum Gasteiger partial charge on any atom is 0.279 e. The van der Waals surface area contributed by atoms with Crippen LogP contribution in [0.25, 0.3) is 27.7 Å². The monoisotopic (exact) mass is 423 g/mol. The molecule has 0 aliphatic rings. The lowest BCUT2D eigenvalue weighted by Crippen LogP contribution is -2.23. The predicted octanol–water partition coefficient (Wildman–Crippen LogP) is 3.44. The highest BCUT2D eigenvalue weighted by Crippen LogP contribution is 2.27. The average Bonchev–Trinajstić information content (AvgIpc) is 2.75. The van der Waals surface area contributed by atoms with Crippen molar-refractivity contribution in [3.8, 4) is 16.9 Å². The van der Waals surface area contributed by atoms with Crippen molar-refractivity contribution in [2.24, 2.45) is 0 Å². The van der Waals surface area contributed by atoms with Crippen molar-refractivity contribution in [2.75, 3.05) is 14.1 Å². The summed E-state index contributed by atoms with van der Waals surface area (Å²) in [6.07, 6.45) is 0. The highest BCUT2D eigenvalue weighted by atomic mass is 32.2. The van der Waals surface area contributed by atoms with E-state index in [-0.39, 0.29) is 10.5 Å². The Kier molecular flexibility index (Phi) is 4.97. The Morgan fingerprint density at radius 1 is 0.900 bits per heavy atom. The zero-order chi connectivity index (χ0) is 21.5. The van der Waals surface area contributed by atoms with Gasteiger partial charge in [-0.25, -0.2) is 17.1 Å². The van der Waals surface area contributed by atoms with Gasteiger partial charge in [0.15, 0.2) is 0 Å². The van der Waals surface area contributed by atoms with Crippen LogP contribution >= 0.6 is 0 Å². The lowest BCUT2D eigenvalue weighted by atomic mass is 10.1. The van der Waals surface area contributed by atoms with Gasteiger partial charge in [-0.3, -0.25) is 4.79 Å². The van der Waals surface area contributed by atoms with Crippen molar-refractivity contribution in [3.05, 3.63) is 89.0 Å². The Morgan fingerprint density at radius 3 is 2.23 bits per heavy atom. The van der Waals surface area contributed by atoms with Crippen LogP contribution in [0, 0.1) is 5.82 Å². The zero-order valence-electron chi connectivity index (χ0n) is 16.3. The standard InChI is InChI=1S/C22H18FN3O3S/c1-25(2)30(28,29)18-7-5-6-15(14-18)21-19-8-3-4-9-20(19)22(27)26(24-21)17-12-10-16(23)11-13-17/h3-14H,1-2H3. The molecule has 4 aromatic rings. The summed E-state index contributed by atoms with van der Waals surface area (Å²) >= 11 is 0. The lowest BCUT2D eigenvalue weighted by Gasteiger charge is -2.14. The van der Waals surface area contributed by atoms with Crippen LogP contribution in [0.5, 0.6) is 0 Å². The third kappa shape index (κ3) is 3.40. The van der Waals surface area contributed by atoms with Gasteiger partial charge in [-0.15, -0.1) is 0 Å². The number of aromatic nitrogens is 2. The fraction of sp³-hybridized carbons (Fsp3) is 0.0909. The first kappa shape index (κ1) is 19.9. The third-order valence-corrected chi connectivity index (χ3v) is 6.57. The van der Waals surface area contributed by atoms with E-state index in [1.54, 1.807) is 36.4 Å². The van der Waals surface area contributed by atoms with E-state index in [0.29, 0.717) is 27.7 Å². The maximum atomic E-state index is 13.4. The van der Waals surface area contributed by atoms with Crippen molar-refractivity contribution in [1.82, 2.24) is 14.1 Å². The molecule has 30 heavy (non-hydrogen) atoms. The average molecular weight is 423 g/mol. The second-order valence-corrected chi connectivity index (χ2v) is 9.05. The molecule has 0 aliphatic heterocycles. The number of hydrogen-bond donors (Lipinski definition) is 0. The van der Waals surface area contributed by atoms with E-state index in [1.165, 1.54) is 55.2 Å². The first-order valence-electron chi connectivity index (χ1n) is 9.10. The molecule has 0 spiro atoms. The third-order valence-electron chi connectivity index (χ3n) is 4.76. The minimum Gasteiger partial charge on any atom is -0.267 e. The summed E-state index contributed by atoms with van der Waals surface area (Å²) in [7, 11) is -0.715. The highest BCUT2D eigenvalue weighted by molar-refractivity contribution is 7.89. The molecule has 1 heterocycles. The summed E-state index contributed by atoms with van der Waals surface area (Å²) in [5.41, 5.74) is 1.05. The summed E-state index contributed by atoms with van der Waals surface area (Å²) < 4.78 is 40.8. The molecule has 8 heteroatoms. The summed E-state index contributed by atoms with van der Waals surface area (Å²) in [6, 6.07) is 18.8. The zero-order valence-corrected chi connectivity index (χ0v) is 17.1. The highest BCUT2D eigenvalue weighted by Gasteiger charge is 2.19. The minimum atomic E-state index is -3.64. The largest absolute Gasteiger partial charge is 0.279 e. The van der Waals surface area contributed by atoms with Gasteiger partial charge in [0.2, 0.25) is 10.0 Å². The Hall–Kier alpha value is -3.36. The second-order valence-electron chi connectivity index (χ2n) is 6.90. The molecule has 0 radical (unpaired) electrons. The van der Waals surface area contributed by atoms with E-state index in [0.717, 1.165) is 4.31 Å². The van der Waals surface area contributed by atoms with Crippen LogP contribution in [0.4, 0.5) is 4.39 Å². The SMILES string of the molecule is CN(C)S(=O)(=O)c1cccc(-c2nn(-c3ccc(F)cc3)c(=O)c3ccccc23)c1. The number of rotatable bonds is 4. The fourth-order valence-corrected chi connectivity index (χ4v) is 4.12. The number of halogens is 1. The number of sulfonamides is 1. The van der Waals surface area contributed by atoms with Gasteiger partial charge >= 0.3 is 0 Å². The van der Waals surface area contributed by atoms with Crippen molar-refractivity contribution >= 4 is 20.8 Å². The number of fused-ring (bicyclic) bond motifs is 1. The summed E-state index contributed by atoms with van der Waals surface area (Å²) in [5, 5.41) is 5.53. The molecule has 0 unspecified atom stereocenters. The summed E-state index contributed by atoms with van der Waals surface area (Å²) in [5.74, 6) is -0.422. The smallest absolute Gasteiger partial charge is 0.267 e. The topological polar surface area (TPSA) is 72.3 Å². The van der Waals surface area contributed by atoms with Crippen molar-refractivity contribution in [2.45, 2.75) is 4.90 Å². The van der Waals surface area contributed by atoms with Crippen LogP contribution in [0.15, 0.2) is 82.5 Å². The van der Waals surface area contributed by atoms with E-state index in [1.807, 2.05) is 0 Å². The van der Waals surface area contributed by atoms with Crippen LogP contribution in [-0.2, 0) is 10.0 Å². The molecule has 0 saturated heterocycles. The number of benzene rings is 3. The molecule has 6 nitrogen and oxygen atoms in total. The molecule has 0 fully saturated rings. The number of nitrogens with zero attached hydrogens (tertiary/aromatic N) is 3. The van der Waals surface area contributed by atoms with Crippen LogP contribution in [0.3, 0.4) is 0 Å². The molecule has 4 rings (SSSR count). The Morgan fingerprint density at radius 2 is 1.57 bits per heavy atom. The predicted molar refractivity (Wildman–Crippen MR) is 114 cm³/mol. The molecule has 0 bridgehead atoms. The molecule has 0 atom stereocenters. The van der Waals surface area contributed by atoms with Gasteiger partial charge in [0, 0.05) is 25.0 Å². The molecule has 3 aromatic carbocycles. The summed E-state index contributed by atoms with van der Waals surface area (Å²) in [6.45, 7) is 0. The van der Waals surface area contributed by atoms with E-state index in [2.05, 4.69) is 5.10 Å². The first-order chi connectivity index (χ1) is 14.3. The normalized spacial score (nSPS) is 11.9. The Bertz CT molecular complexity index is 1410. The number of hydrogen-bond acceptors (Lipinski definition) is 4. The van der Waals surface area contributed by atoms with Gasteiger partial charge in [-0.2, -0.15) is 9.78 Å². The maximum absolute atomic E-state index is 13.4. The quantitative estimate of drug-likeness (QED) is 0.504. The molecule has 1 aromatic heterocycles. The van der Waals surface area contributed by atoms with Gasteiger partial charge in [-0.05, 0) is 42.5 Å². The Labute approximate surface area is 172 Å². The van der Waals surface area contributed by atoms with Crippen molar-refractivity contribution in [3.63, 3.8) is 0 Å². The molecule has 0 N–H and O–H groups in total. The lowest BCUT2D eigenvalue weighted by molar-refractivity contribution is 0.521. The van der Waals surface area contributed by atoms with Crippen molar-refractivity contribution in [1.29, 1.82) is 0 Å². The molecule has 0 amide bonds. The van der Waals surface area contributed by atoms with Crippen LogP contribution in [0.2, 0.25) is 0 Å². The van der Waals surface area contributed by atoms with Crippen LogP contribution in [0.1, 0.15) is 0 Å². The van der Waals surface area contributed by atoms with E-state index >= 15 is 0 Å². The first-order valence-corrected chi connectivity index (χ1v) is 10.5. The second kappa shape index (κ2) is 7.47. The van der Waals surface area contributed by atoms with Gasteiger partial charge < -0.3 is 0 Å². The van der Waals surface area contributed by atoms with Gasteiger partial charge in [0.1, 0.15) is 5.82 Å². The van der Waals surface area contributed by atoms with Gasteiger partial charge in [0.25, 0.3) is 5.56 Å². The molecule has 0 saturated carbocycles. The van der Waals surface area contributed by atoms with Gasteiger partial charge in [-0.1, -0.05) is 30.3 Å². The van der Waals surface area contributed by atoms with Crippen molar-refractivity contribution < 1.29 is 12.8 Å². The van der Waals surface area contributed by atoms with E-state index in [4.69, 9.17) is 0 Å². The molecular formula is C22H18FN3O3S. The molecule has 0 aliphatic carbocycles. The fourth-order valence-electron chi connectivity index (χ4n) is 3.17. The summed E-state index contributed by atoms with van der Waals surface area (Å²) in [4.78, 5) is 13.1. The van der Waals surface area contributed by atoms with Crippen LogP contribution < -0.4 is 5.56 Å². The van der Waals surface area contributed by atoms with E-state index < -0.39 is 15.8 Å². The Balaban J connectivity index is 2.01. The van der Waals surface area contributed by atoms with Gasteiger partial charge in [0.05, 0.1) is 21.7 Å². The molecular weight excluding hydrogens is 405 g/mol. The molecule has 152 valence electrons.